The molecule has 0 bridgehead atoms. The number of thioether (sulfide) groups is 1. The molecular formula is C19H20N2O6S. The number of rotatable bonds is 5. The summed E-state index contributed by atoms with van der Waals surface area (Å²) in [4.78, 5) is 49.0. The highest BCUT2D eigenvalue weighted by Crippen LogP contribution is 2.40. The highest BCUT2D eigenvalue weighted by molar-refractivity contribution is 8.00. The molecule has 2 heterocycles. The number of carboxylic acid groups (broad SMARTS) is 1. The van der Waals surface area contributed by atoms with E-state index in [1.807, 2.05) is 19.9 Å². The van der Waals surface area contributed by atoms with E-state index in [0.29, 0.717) is 16.9 Å². The Morgan fingerprint density at radius 1 is 1.25 bits per heavy atom. The van der Waals surface area contributed by atoms with Gasteiger partial charge in [0.1, 0.15) is 23.7 Å². The van der Waals surface area contributed by atoms with Crippen molar-refractivity contribution < 1.29 is 29.0 Å². The first-order chi connectivity index (χ1) is 13.2. The summed E-state index contributed by atoms with van der Waals surface area (Å²) >= 11 is 1.33. The van der Waals surface area contributed by atoms with E-state index >= 15 is 0 Å². The summed E-state index contributed by atoms with van der Waals surface area (Å²) < 4.78 is 4.90. The van der Waals surface area contributed by atoms with E-state index in [1.54, 1.807) is 12.1 Å². The molecule has 2 aliphatic rings. The number of carboxylic acids is 1. The largest absolute Gasteiger partial charge is 0.477 e. The maximum atomic E-state index is 12.6. The molecule has 0 spiro atoms. The maximum Gasteiger partial charge on any atom is 0.352 e. The molecule has 1 saturated heterocycles. The summed E-state index contributed by atoms with van der Waals surface area (Å²) in [7, 11) is 0. The molecule has 1 aromatic carbocycles. The van der Waals surface area contributed by atoms with Crippen LogP contribution in [0.4, 0.5) is 0 Å². The zero-order chi connectivity index (χ0) is 20.6. The van der Waals surface area contributed by atoms with Crippen LogP contribution in [0.3, 0.4) is 0 Å². The van der Waals surface area contributed by atoms with Crippen LogP contribution in [-0.2, 0) is 19.1 Å². The number of ether oxygens (including phenoxy) is 1. The first kappa shape index (κ1) is 19.9. The molecule has 0 saturated carbocycles. The lowest BCUT2D eigenvalue weighted by molar-refractivity contribution is -0.149. The van der Waals surface area contributed by atoms with Crippen molar-refractivity contribution in [1.82, 2.24) is 10.2 Å². The number of β-lactam (4-membered cyclic amide) rings is 1. The van der Waals surface area contributed by atoms with E-state index in [2.05, 4.69) is 5.32 Å². The molecule has 1 aromatic rings. The third-order valence-electron chi connectivity index (χ3n) is 4.47. The topological polar surface area (TPSA) is 113 Å². The van der Waals surface area contributed by atoms with E-state index in [-0.39, 0.29) is 18.2 Å². The summed E-state index contributed by atoms with van der Waals surface area (Å²) in [6.07, 6.45) is 0. The molecule has 28 heavy (non-hydrogen) atoms. The number of carbonyl (C=O) groups excluding carboxylic acids is 3. The normalized spacial score (nSPS) is 21.0. The second-order valence-corrected chi connectivity index (χ2v) is 7.88. The Labute approximate surface area is 165 Å². The first-order valence-corrected chi connectivity index (χ1v) is 9.66. The minimum Gasteiger partial charge on any atom is -0.477 e. The van der Waals surface area contributed by atoms with Crippen LogP contribution in [0.25, 0.3) is 0 Å². The molecule has 2 aliphatic heterocycles. The van der Waals surface area contributed by atoms with E-state index in [0.717, 1.165) is 16.0 Å². The molecule has 2 unspecified atom stereocenters. The molecule has 148 valence electrons. The Balaban J connectivity index is 1.77. The number of carbonyl (C=O) groups is 4. The molecule has 0 aromatic heterocycles. The third-order valence-corrected chi connectivity index (χ3v) is 5.81. The molecular weight excluding hydrogens is 384 g/mol. The molecule has 2 atom stereocenters. The lowest BCUT2D eigenvalue weighted by atomic mass is 10.0. The van der Waals surface area contributed by atoms with Crippen molar-refractivity contribution in [2.75, 3.05) is 12.4 Å². The molecule has 9 heteroatoms. The minimum absolute atomic E-state index is 0.174. The Morgan fingerprint density at radius 2 is 1.89 bits per heavy atom. The zero-order valence-corrected chi connectivity index (χ0v) is 16.5. The van der Waals surface area contributed by atoms with Gasteiger partial charge in [0.05, 0.1) is 0 Å². The number of hydrogen-bond donors (Lipinski definition) is 2. The third kappa shape index (κ3) is 3.75. The average molecular weight is 404 g/mol. The average Bonchev–Trinajstić information content (AvgIpc) is 2.62. The summed E-state index contributed by atoms with van der Waals surface area (Å²) in [6.45, 7) is 4.81. The quantitative estimate of drug-likeness (QED) is 0.560. The molecule has 1 fully saturated rings. The van der Waals surface area contributed by atoms with Crippen LogP contribution in [0.1, 0.15) is 28.4 Å². The summed E-state index contributed by atoms with van der Waals surface area (Å²) in [5, 5.41) is 11.7. The molecule has 2 N–H and O–H groups in total. The van der Waals surface area contributed by atoms with Gasteiger partial charge < -0.3 is 15.2 Å². The summed E-state index contributed by atoms with van der Waals surface area (Å²) in [5.41, 5.74) is 2.51. The van der Waals surface area contributed by atoms with Gasteiger partial charge in [-0.2, -0.15) is 0 Å². The second kappa shape index (κ2) is 7.67. The van der Waals surface area contributed by atoms with Gasteiger partial charge in [-0.05, 0) is 26.0 Å². The number of aliphatic carboxylic acids is 1. The van der Waals surface area contributed by atoms with Crippen molar-refractivity contribution in [2.45, 2.75) is 32.2 Å². The van der Waals surface area contributed by atoms with Crippen molar-refractivity contribution in [3.63, 3.8) is 0 Å². The molecule has 0 radical (unpaired) electrons. The Morgan fingerprint density at radius 3 is 2.46 bits per heavy atom. The van der Waals surface area contributed by atoms with Crippen LogP contribution in [-0.4, -0.2) is 57.5 Å². The van der Waals surface area contributed by atoms with E-state index in [1.165, 1.54) is 18.7 Å². The molecule has 3 rings (SSSR count). The van der Waals surface area contributed by atoms with Gasteiger partial charge in [-0.1, -0.05) is 17.2 Å². The SMILES string of the molecule is CC(=O)OCC1=C(C(=O)O)N2C(=O)C(NC(=O)c3cc(C)cc(C)c3)C2SC1. The van der Waals surface area contributed by atoms with Gasteiger partial charge in [0.25, 0.3) is 11.8 Å². The number of fused-ring (bicyclic) bond motifs is 1. The monoisotopic (exact) mass is 404 g/mol. The van der Waals surface area contributed by atoms with Crippen molar-refractivity contribution in [2.24, 2.45) is 0 Å². The number of amides is 2. The fourth-order valence-electron chi connectivity index (χ4n) is 3.31. The van der Waals surface area contributed by atoms with E-state index in [4.69, 9.17) is 4.74 Å². The Hall–Kier alpha value is -2.81. The predicted octanol–water partition coefficient (Wildman–Crippen LogP) is 1.22. The van der Waals surface area contributed by atoms with Crippen molar-refractivity contribution in [1.29, 1.82) is 0 Å². The highest BCUT2D eigenvalue weighted by atomic mass is 32.2. The fourth-order valence-corrected chi connectivity index (χ4v) is 4.64. The van der Waals surface area contributed by atoms with Crippen LogP contribution in [0.5, 0.6) is 0 Å². The van der Waals surface area contributed by atoms with Gasteiger partial charge in [0, 0.05) is 23.8 Å². The predicted molar refractivity (Wildman–Crippen MR) is 102 cm³/mol. The van der Waals surface area contributed by atoms with E-state index in [9.17, 15) is 24.3 Å². The standard InChI is InChI=1S/C19H20N2O6S/c1-9-4-10(2)6-12(5-9)16(23)20-14-17(24)21-15(19(25)26)13(7-27-11(3)22)8-28-18(14)21/h4-6,14,18H,7-8H2,1-3H3,(H,20,23)(H,25,26). The number of aryl methyl sites for hydroxylation is 2. The van der Waals surface area contributed by atoms with Crippen LogP contribution >= 0.6 is 11.8 Å². The number of benzene rings is 1. The smallest absolute Gasteiger partial charge is 0.352 e. The number of nitrogens with one attached hydrogen (secondary N) is 1. The number of nitrogens with zero attached hydrogens (tertiary/aromatic N) is 1. The van der Waals surface area contributed by atoms with Crippen molar-refractivity contribution in [3.05, 3.63) is 46.2 Å². The molecule has 8 nitrogen and oxygen atoms in total. The maximum absolute atomic E-state index is 12.6. The van der Waals surface area contributed by atoms with Gasteiger partial charge in [0.2, 0.25) is 0 Å². The van der Waals surface area contributed by atoms with Gasteiger partial charge in [-0.15, -0.1) is 11.8 Å². The fraction of sp³-hybridized carbons (Fsp3) is 0.368. The van der Waals surface area contributed by atoms with Gasteiger partial charge in [-0.25, -0.2) is 4.79 Å². The van der Waals surface area contributed by atoms with Gasteiger partial charge in [-0.3, -0.25) is 19.3 Å². The van der Waals surface area contributed by atoms with E-state index < -0.39 is 29.3 Å². The second-order valence-electron chi connectivity index (χ2n) is 6.77. The first-order valence-electron chi connectivity index (χ1n) is 8.61. The highest BCUT2D eigenvalue weighted by Gasteiger charge is 2.54. The lowest BCUT2D eigenvalue weighted by Gasteiger charge is -2.49. The zero-order valence-electron chi connectivity index (χ0n) is 15.6. The van der Waals surface area contributed by atoms with Crippen LogP contribution in [0.15, 0.2) is 29.5 Å². The van der Waals surface area contributed by atoms with Crippen molar-refractivity contribution >= 4 is 35.5 Å². The molecule has 2 amide bonds. The van der Waals surface area contributed by atoms with Gasteiger partial charge in [0.15, 0.2) is 0 Å². The Bertz CT molecular complexity index is 889. The number of hydrogen-bond acceptors (Lipinski definition) is 6. The van der Waals surface area contributed by atoms with Crippen LogP contribution in [0.2, 0.25) is 0 Å². The molecule has 0 aliphatic carbocycles. The number of esters is 1. The summed E-state index contributed by atoms with van der Waals surface area (Å²) in [6, 6.07) is 4.61. The Kier molecular flexibility index (Phi) is 5.46. The van der Waals surface area contributed by atoms with Crippen molar-refractivity contribution in [3.8, 4) is 0 Å². The lowest BCUT2D eigenvalue weighted by Crippen LogP contribution is -2.70. The van der Waals surface area contributed by atoms with Crippen LogP contribution in [0, 0.1) is 13.8 Å². The summed E-state index contributed by atoms with van der Waals surface area (Å²) in [5.74, 6) is -2.37. The van der Waals surface area contributed by atoms with Gasteiger partial charge >= 0.3 is 11.9 Å². The minimum atomic E-state index is -1.26. The van der Waals surface area contributed by atoms with Crippen LogP contribution < -0.4 is 5.32 Å².